The molecule has 0 bridgehead atoms. The van der Waals surface area contributed by atoms with Crippen molar-refractivity contribution in [3.63, 3.8) is 0 Å². The summed E-state index contributed by atoms with van der Waals surface area (Å²) in [7, 11) is -9.53. The zero-order valence-corrected chi connectivity index (χ0v) is 13.3. The van der Waals surface area contributed by atoms with Crippen LogP contribution in [0.3, 0.4) is 0 Å². The van der Waals surface area contributed by atoms with Gasteiger partial charge in [-0.3, -0.25) is 13.9 Å². The Hall–Kier alpha value is -1.79. The molecule has 0 saturated carbocycles. The highest BCUT2D eigenvalue weighted by Crippen LogP contribution is 2.25. The van der Waals surface area contributed by atoms with Gasteiger partial charge in [0, 0.05) is 24.3 Å². The molecule has 2 rings (SSSR count). The Kier molecular flexibility index (Phi) is 4.11. The van der Waals surface area contributed by atoms with Crippen molar-refractivity contribution in [1.82, 2.24) is 5.32 Å². The summed E-state index contributed by atoms with van der Waals surface area (Å²) in [6.07, 6.45) is 0.112. The smallest absolute Gasteiger partial charge is 0.299 e. The van der Waals surface area contributed by atoms with E-state index < -0.39 is 42.4 Å². The first-order valence-corrected chi connectivity index (χ1v) is 9.02. The maximum absolute atomic E-state index is 11.4. The molecule has 4 N–H and O–H groups in total. The number of carbonyl (C=O) groups is 1. The van der Waals surface area contributed by atoms with Crippen molar-refractivity contribution in [2.45, 2.75) is 23.2 Å². The molecule has 0 heterocycles. The minimum absolute atomic E-state index is 0.0167. The average molecular weight is 363 g/mol. The topological polar surface area (TPSA) is 158 Å². The summed E-state index contributed by atoms with van der Waals surface area (Å²) < 4.78 is 63.4. The summed E-state index contributed by atoms with van der Waals surface area (Å²) in [5.41, 5.74) is -0.0167. The molecule has 0 fully saturated rings. The van der Waals surface area contributed by atoms with Crippen LogP contribution in [-0.4, -0.2) is 41.9 Å². The third-order valence-electron chi connectivity index (χ3n) is 3.23. The molecule has 1 unspecified atom stereocenters. The summed E-state index contributed by atoms with van der Waals surface area (Å²) in [5.74, 6) is -0.551. The Morgan fingerprint density at radius 1 is 1.22 bits per heavy atom. The number of aliphatic hydroxyl groups is 1. The molecule has 1 aliphatic carbocycles. The van der Waals surface area contributed by atoms with Gasteiger partial charge in [0.2, 0.25) is 10.8 Å². The molecule has 0 saturated heterocycles. The Morgan fingerprint density at radius 3 is 2.30 bits per heavy atom. The molecule has 0 spiro atoms. The highest BCUT2D eigenvalue weighted by Gasteiger charge is 2.41. The normalized spacial score (nSPS) is 21.3. The van der Waals surface area contributed by atoms with Crippen LogP contribution >= 0.6 is 0 Å². The maximum Gasteiger partial charge on any atom is 0.299 e. The number of hydrogen-bond donors (Lipinski definition) is 4. The molecule has 0 aliphatic heterocycles. The first kappa shape index (κ1) is 17.6. The van der Waals surface area contributed by atoms with E-state index in [1.54, 1.807) is 0 Å². The molecule has 1 aromatic rings. The van der Waals surface area contributed by atoms with Gasteiger partial charge in [-0.2, -0.15) is 16.8 Å². The number of amides is 1. The van der Waals surface area contributed by atoms with Gasteiger partial charge in [0.1, 0.15) is 0 Å². The predicted octanol–water partition coefficient (Wildman–Crippen LogP) is -2.06. The van der Waals surface area contributed by atoms with E-state index in [1.165, 1.54) is 6.07 Å². The van der Waals surface area contributed by atoms with Crippen LogP contribution in [0.1, 0.15) is 13.3 Å². The zero-order valence-electron chi connectivity index (χ0n) is 11.7. The lowest BCUT2D eigenvalue weighted by Gasteiger charge is -2.26. The lowest BCUT2D eigenvalue weighted by molar-refractivity contribution is -0.117. The SMILES string of the molecule is CC(=O)NC1=c2ccc(S(=O)(=O)O)cc2=CC(O)(S(=O)(=O)O)C1. The lowest BCUT2D eigenvalue weighted by atomic mass is 10.0. The van der Waals surface area contributed by atoms with Gasteiger partial charge in [-0.15, -0.1) is 0 Å². The van der Waals surface area contributed by atoms with Crippen molar-refractivity contribution in [3.05, 3.63) is 28.6 Å². The molecule has 23 heavy (non-hydrogen) atoms. The zero-order chi connectivity index (χ0) is 17.6. The van der Waals surface area contributed by atoms with Crippen LogP contribution < -0.4 is 15.8 Å². The molecular formula is C12H13NO8S2. The summed E-state index contributed by atoms with van der Waals surface area (Å²) >= 11 is 0. The Bertz CT molecular complexity index is 1010. The van der Waals surface area contributed by atoms with Crippen molar-refractivity contribution >= 4 is 37.9 Å². The standard InChI is InChI=1S/C12H13NO8S2/c1-7(14)13-11-6-12(15,23(19,20)21)5-8-4-9(22(16,17)18)2-3-10(8)11/h2-5,15H,6H2,1H3,(H,13,14)(H,16,17,18)(H,19,20,21). The van der Waals surface area contributed by atoms with Crippen LogP contribution in [0, 0.1) is 0 Å². The molecule has 0 radical (unpaired) electrons. The van der Waals surface area contributed by atoms with Gasteiger partial charge in [0.25, 0.3) is 20.2 Å². The third kappa shape index (κ3) is 3.43. The number of nitrogens with one attached hydrogen (secondary N) is 1. The number of hydrogen-bond acceptors (Lipinski definition) is 6. The summed E-state index contributed by atoms with van der Waals surface area (Å²) in [4.78, 5) is 7.96. The summed E-state index contributed by atoms with van der Waals surface area (Å²) in [6.45, 7) is 1.16. The highest BCUT2D eigenvalue weighted by molar-refractivity contribution is 7.87. The average Bonchev–Trinajstić information content (AvgIpc) is 2.34. The molecule has 1 aromatic carbocycles. The predicted molar refractivity (Wildman–Crippen MR) is 78.3 cm³/mol. The summed E-state index contributed by atoms with van der Waals surface area (Å²) in [5, 5.41) is 12.7. The second-order valence-corrected chi connectivity index (χ2v) is 8.10. The Morgan fingerprint density at radius 2 is 1.83 bits per heavy atom. The molecule has 1 amide bonds. The van der Waals surface area contributed by atoms with Gasteiger partial charge in [-0.1, -0.05) is 6.07 Å². The van der Waals surface area contributed by atoms with Crippen LogP contribution in [0.25, 0.3) is 11.8 Å². The molecule has 9 nitrogen and oxygen atoms in total. The third-order valence-corrected chi connectivity index (χ3v) is 5.24. The minimum atomic E-state index is -4.97. The monoisotopic (exact) mass is 363 g/mol. The van der Waals surface area contributed by atoms with Gasteiger partial charge in [0.15, 0.2) is 0 Å². The van der Waals surface area contributed by atoms with Gasteiger partial charge < -0.3 is 10.4 Å². The van der Waals surface area contributed by atoms with E-state index in [9.17, 15) is 31.3 Å². The van der Waals surface area contributed by atoms with E-state index in [0.29, 0.717) is 0 Å². The lowest BCUT2D eigenvalue weighted by Crippen LogP contribution is -2.48. The fourth-order valence-electron chi connectivity index (χ4n) is 2.23. The number of fused-ring (bicyclic) bond motifs is 1. The van der Waals surface area contributed by atoms with E-state index in [0.717, 1.165) is 25.1 Å². The minimum Gasteiger partial charge on any atom is -0.369 e. The Labute approximate surface area is 131 Å². The fraction of sp³-hybridized carbons (Fsp3) is 0.250. The van der Waals surface area contributed by atoms with Crippen LogP contribution in [0.2, 0.25) is 0 Å². The number of benzene rings is 1. The van der Waals surface area contributed by atoms with Gasteiger partial charge >= 0.3 is 0 Å². The largest absolute Gasteiger partial charge is 0.369 e. The summed E-state index contributed by atoms with van der Waals surface area (Å²) in [6, 6.07) is 3.22. The van der Waals surface area contributed by atoms with E-state index in [2.05, 4.69) is 5.32 Å². The molecule has 11 heteroatoms. The van der Waals surface area contributed by atoms with Crippen molar-refractivity contribution in [3.8, 4) is 0 Å². The number of rotatable bonds is 3. The second kappa shape index (κ2) is 5.39. The van der Waals surface area contributed by atoms with Crippen LogP contribution in [-0.2, 0) is 25.0 Å². The van der Waals surface area contributed by atoms with Crippen LogP contribution in [0.5, 0.6) is 0 Å². The second-order valence-electron chi connectivity index (χ2n) is 5.02. The van der Waals surface area contributed by atoms with Crippen molar-refractivity contribution in [2.75, 3.05) is 0 Å². The van der Waals surface area contributed by atoms with Gasteiger partial charge in [0.05, 0.1) is 4.90 Å². The Balaban J connectivity index is 2.87. The van der Waals surface area contributed by atoms with Crippen molar-refractivity contribution < 1.29 is 35.8 Å². The highest BCUT2D eigenvalue weighted by atomic mass is 32.2. The molecular weight excluding hydrogens is 350 g/mol. The van der Waals surface area contributed by atoms with E-state index in [-0.39, 0.29) is 16.1 Å². The first-order chi connectivity index (χ1) is 10.3. The van der Waals surface area contributed by atoms with E-state index >= 15 is 0 Å². The van der Waals surface area contributed by atoms with E-state index in [4.69, 9.17) is 4.55 Å². The van der Waals surface area contributed by atoms with Crippen LogP contribution in [0.4, 0.5) is 0 Å². The van der Waals surface area contributed by atoms with Crippen molar-refractivity contribution in [2.24, 2.45) is 0 Å². The molecule has 126 valence electrons. The van der Waals surface area contributed by atoms with E-state index in [1.807, 2.05) is 0 Å². The maximum atomic E-state index is 11.4. The quantitative estimate of drug-likeness (QED) is 0.446. The van der Waals surface area contributed by atoms with Gasteiger partial charge in [-0.25, -0.2) is 0 Å². The number of carbonyl (C=O) groups excluding carboxylic acids is 1. The van der Waals surface area contributed by atoms with Gasteiger partial charge in [-0.05, 0) is 23.4 Å². The fourth-order valence-corrected chi connectivity index (χ4v) is 3.35. The molecule has 1 aliphatic rings. The van der Waals surface area contributed by atoms with Crippen molar-refractivity contribution in [1.29, 1.82) is 0 Å². The molecule has 0 aromatic heterocycles. The van der Waals surface area contributed by atoms with Crippen LogP contribution in [0.15, 0.2) is 23.1 Å². The molecule has 1 atom stereocenters. The first-order valence-electron chi connectivity index (χ1n) is 6.14.